The van der Waals surface area contributed by atoms with Gasteiger partial charge in [-0.15, -0.1) is 0 Å². The van der Waals surface area contributed by atoms with Gasteiger partial charge in [0.05, 0.1) is 17.9 Å². The molecule has 0 spiro atoms. The zero-order valence-corrected chi connectivity index (χ0v) is 8.66. The lowest BCUT2D eigenvalue weighted by Crippen LogP contribution is -2.11. The van der Waals surface area contributed by atoms with Crippen LogP contribution in [0.3, 0.4) is 0 Å². The van der Waals surface area contributed by atoms with E-state index in [1.807, 2.05) is 13.0 Å². The number of nitrogens with zero attached hydrogens (tertiary/aromatic N) is 2. The van der Waals surface area contributed by atoms with Gasteiger partial charge in [0.15, 0.2) is 0 Å². The molecule has 0 aliphatic rings. The molecular weight excluding hydrogens is 192 g/mol. The SMILES string of the molecule is CCOCCNc1ncc(C#N)cc1N. The number of rotatable bonds is 5. The number of nitrogen functional groups attached to an aromatic ring is 1. The van der Waals surface area contributed by atoms with Gasteiger partial charge in [-0.2, -0.15) is 5.26 Å². The smallest absolute Gasteiger partial charge is 0.149 e. The van der Waals surface area contributed by atoms with E-state index in [-0.39, 0.29) is 0 Å². The summed E-state index contributed by atoms with van der Waals surface area (Å²) in [7, 11) is 0. The molecule has 0 bridgehead atoms. The van der Waals surface area contributed by atoms with Gasteiger partial charge in [-0.3, -0.25) is 0 Å². The highest BCUT2D eigenvalue weighted by Crippen LogP contribution is 2.15. The molecule has 1 aromatic rings. The summed E-state index contributed by atoms with van der Waals surface area (Å²) in [4.78, 5) is 4.03. The minimum atomic E-state index is 0.461. The molecule has 5 heteroatoms. The van der Waals surface area contributed by atoms with Crippen molar-refractivity contribution >= 4 is 11.5 Å². The van der Waals surface area contributed by atoms with Crippen LogP contribution in [0.5, 0.6) is 0 Å². The molecule has 0 aromatic carbocycles. The predicted molar refractivity (Wildman–Crippen MR) is 58.3 cm³/mol. The van der Waals surface area contributed by atoms with Crippen LogP contribution >= 0.6 is 0 Å². The summed E-state index contributed by atoms with van der Waals surface area (Å²) in [5.41, 5.74) is 6.63. The van der Waals surface area contributed by atoms with Crippen LogP contribution in [-0.4, -0.2) is 24.7 Å². The maximum atomic E-state index is 8.61. The zero-order chi connectivity index (χ0) is 11.1. The van der Waals surface area contributed by atoms with Gasteiger partial charge in [0.1, 0.15) is 11.9 Å². The fraction of sp³-hybridized carbons (Fsp3) is 0.400. The van der Waals surface area contributed by atoms with Crippen LogP contribution in [0.4, 0.5) is 11.5 Å². The van der Waals surface area contributed by atoms with Gasteiger partial charge in [-0.25, -0.2) is 4.98 Å². The fourth-order valence-electron chi connectivity index (χ4n) is 1.08. The first-order chi connectivity index (χ1) is 7.27. The van der Waals surface area contributed by atoms with Crippen LogP contribution in [0.15, 0.2) is 12.3 Å². The molecule has 1 heterocycles. The summed E-state index contributed by atoms with van der Waals surface area (Å²) in [6, 6.07) is 3.57. The highest BCUT2D eigenvalue weighted by atomic mass is 16.5. The lowest BCUT2D eigenvalue weighted by atomic mass is 10.3. The molecule has 15 heavy (non-hydrogen) atoms. The summed E-state index contributed by atoms with van der Waals surface area (Å²) in [5.74, 6) is 0.591. The van der Waals surface area contributed by atoms with E-state index >= 15 is 0 Å². The summed E-state index contributed by atoms with van der Waals surface area (Å²) < 4.78 is 5.16. The van der Waals surface area contributed by atoms with Crippen LogP contribution in [0.2, 0.25) is 0 Å². The van der Waals surface area contributed by atoms with E-state index in [4.69, 9.17) is 15.7 Å². The number of nitrogens with one attached hydrogen (secondary N) is 1. The average Bonchev–Trinajstić information content (AvgIpc) is 2.26. The van der Waals surface area contributed by atoms with Crippen LogP contribution in [0.1, 0.15) is 12.5 Å². The molecule has 0 aliphatic carbocycles. The molecule has 1 aromatic heterocycles. The first-order valence-corrected chi connectivity index (χ1v) is 4.75. The third-order valence-electron chi connectivity index (χ3n) is 1.79. The second-order valence-corrected chi connectivity index (χ2v) is 2.90. The molecule has 0 atom stereocenters. The summed E-state index contributed by atoms with van der Waals surface area (Å²) >= 11 is 0. The van der Waals surface area contributed by atoms with Crippen LogP contribution < -0.4 is 11.1 Å². The molecular formula is C10H14N4O. The Labute approximate surface area is 88.9 Å². The Morgan fingerprint density at radius 1 is 1.67 bits per heavy atom. The van der Waals surface area contributed by atoms with Gasteiger partial charge in [-0.1, -0.05) is 0 Å². The van der Waals surface area contributed by atoms with Gasteiger partial charge >= 0.3 is 0 Å². The van der Waals surface area contributed by atoms with Crippen LogP contribution in [-0.2, 0) is 4.74 Å². The van der Waals surface area contributed by atoms with E-state index < -0.39 is 0 Å². The monoisotopic (exact) mass is 206 g/mol. The Hall–Kier alpha value is -1.80. The Kier molecular flexibility index (Phi) is 4.38. The molecule has 80 valence electrons. The number of ether oxygens (including phenoxy) is 1. The highest BCUT2D eigenvalue weighted by molar-refractivity contribution is 5.62. The summed E-state index contributed by atoms with van der Waals surface area (Å²) in [6.07, 6.45) is 1.49. The van der Waals surface area contributed by atoms with Crippen molar-refractivity contribution in [1.29, 1.82) is 5.26 Å². The molecule has 1 rings (SSSR count). The molecule has 0 fully saturated rings. The van der Waals surface area contributed by atoms with Gasteiger partial charge in [0, 0.05) is 19.3 Å². The van der Waals surface area contributed by atoms with E-state index in [2.05, 4.69) is 10.3 Å². The molecule has 0 unspecified atom stereocenters. The lowest BCUT2D eigenvalue weighted by molar-refractivity contribution is 0.158. The average molecular weight is 206 g/mol. The normalized spacial score (nSPS) is 9.60. The number of pyridine rings is 1. The minimum absolute atomic E-state index is 0.461. The number of aromatic nitrogens is 1. The lowest BCUT2D eigenvalue weighted by Gasteiger charge is -2.07. The van der Waals surface area contributed by atoms with Gasteiger partial charge in [0.2, 0.25) is 0 Å². The molecule has 0 radical (unpaired) electrons. The largest absolute Gasteiger partial charge is 0.396 e. The van der Waals surface area contributed by atoms with Gasteiger partial charge in [-0.05, 0) is 13.0 Å². The Bertz CT molecular complexity index is 359. The van der Waals surface area contributed by atoms with Crippen molar-refractivity contribution < 1.29 is 4.74 Å². The first kappa shape index (κ1) is 11.3. The van der Waals surface area contributed by atoms with Crippen molar-refractivity contribution in [1.82, 2.24) is 4.98 Å². The van der Waals surface area contributed by atoms with Crippen molar-refractivity contribution in [3.63, 3.8) is 0 Å². The molecule has 0 amide bonds. The van der Waals surface area contributed by atoms with Crippen molar-refractivity contribution in [2.45, 2.75) is 6.92 Å². The fourth-order valence-corrected chi connectivity index (χ4v) is 1.08. The maximum absolute atomic E-state index is 8.61. The summed E-state index contributed by atoms with van der Waals surface area (Å²) in [6.45, 7) is 3.89. The zero-order valence-electron chi connectivity index (χ0n) is 8.66. The minimum Gasteiger partial charge on any atom is -0.396 e. The summed E-state index contributed by atoms with van der Waals surface area (Å²) in [5, 5.41) is 11.6. The van der Waals surface area contributed by atoms with Crippen LogP contribution in [0.25, 0.3) is 0 Å². The topological polar surface area (TPSA) is 84.0 Å². The second-order valence-electron chi connectivity index (χ2n) is 2.90. The molecule has 5 nitrogen and oxygen atoms in total. The maximum Gasteiger partial charge on any atom is 0.149 e. The van der Waals surface area contributed by atoms with E-state index in [0.717, 1.165) is 0 Å². The van der Waals surface area contributed by atoms with E-state index in [9.17, 15) is 0 Å². The number of nitrogens with two attached hydrogens (primary N) is 1. The quantitative estimate of drug-likeness (QED) is 0.702. The number of hydrogen-bond acceptors (Lipinski definition) is 5. The number of hydrogen-bond donors (Lipinski definition) is 2. The van der Waals surface area contributed by atoms with Crippen molar-refractivity contribution in [3.05, 3.63) is 17.8 Å². The molecule has 0 aliphatic heterocycles. The highest BCUT2D eigenvalue weighted by Gasteiger charge is 2.00. The van der Waals surface area contributed by atoms with Gasteiger partial charge < -0.3 is 15.8 Å². The van der Waals surface area contributed by atoms with E-state index in [1.54, 1.807) is 6.07 Å². The Morgan fingerprint density at radius 3 is 3.07 bits per heavy atom. The van der Waals surface area contributed by atoms with Crippen molar-refractivity contribution in [2.24, 2.45) is 0 Å². The number of nitriles is 1. The molecule has 0 saturated carbocycles. The first-order valence-electron chi connectivity index (χ1n) is 4.75. The van der Waals surface area contributed by atoms with Crippen LogP contribution in [0, 0.1) is 11.3 Å². The Morgan fingerprint density at radius 2 is 2.47 bits per heavy atom. The van der Waals surface area contributed by atoms with E-state index in [0.29, 0.717) is 36.8 Å². The second kappa shape index (κ2) is 5.83. The number of anilines is 2. The third-order valence-corrected chi connectivity index (χ3v) is 1.79. The van der Waals surface area contributed by atoms with Gasteiger partial charge in [0.25, 0.3) is 0 Å². The van der Waals surface area contributed by atoms with Crippen molar-refractivity contribution in [2.75, 3.05) is 30.8 Å². The third kappa shape index (κ3) is 3.44. The van der Waals surface area contributed by atoms with E-state index in [1.165, 1.54) is 6.20 Å². The molecule has 0 saturated heterocycles. The molecule has 3 N–H and O–H groups in total. The standard InChI is InChI=1S/C10H14N4O/c1-2-15-4-3-13-10-9(12)5-8(6-11)7-14-10/h5,7H,2-4,12H2,1H3,(H,13,14). The van der Waals surface area contributed by atoms with Crippen molar-refractivity contribution in [3.8, 4) is 6.07 Å². The Balaban J connectivity index is 2.52. The predicted octanol–water partition coefficient (Wildman–Crippen LogP) is 0.984.